The Bertz CT molecular complexity index is 582. The molecule has 0 unspecified atom stereocenters. The maximum absolute atomic E-state index is 4.37. The number of fused-ring (bicyclic) bond motifs is 1. The van der Waals surface area contributed by atoms with Crippen LogP contribution in [0.1, 0.15) is 5.69 Å². The van der Waals surface area contributed by atoms with Crippen LogP contribution in [0, 0.1) is 6.92 Å². The molecule has 19 heavy (non-hydrogen) atoms. The van der Waals surface area contributed by atoms with Crippen LogP contribution in [0.15, 0.2) is 25.0 Å². The highest BCUT2D eigenvalue weighted by Gasteiger charge is 2.19. The third kappa shape index (κ3) is 2.31. The van der Waals surface area contributed by atoms with E-state index >= 15 is 0 Å². The molecule has 6 heteroatoms. The van der Waals surface area contributed by atoms with Gasteiger partial charge in [-0.2, -0.15) is 14.6 Å². The minimum absolute atomic E-state index is 0.670. The first-order valence-corrected chi connectivity index (χ1v) is 6.53. The number of anilines is 1. The van der Waals surface area contributed by atoms with Gasteiger partial charge >= 0.3 is 0 Å². The zero-order chi connectivity index (χ0) is 13.2. The summed E-state index contributed by atoms with van der Waals surface area (Å²) in [5, 5.41) is 4.26. The summed E-state index contributed by atoms with van der Waals surface area (Å²) in [7, 11) is 0. The number of aryl methyl sites for hydroxylation is 1. The Balaban J connectivity index is 1.85. The van der Waals surface area contributed by atoms with E-state index < -0.39 is 0 Å². The Morgan fingerprint density at radius 1 is 1.32 bits per heavy atom. The number of piperazine rings is 1. The summed E-state index contributed by atoms with van der Waals surface area (Å²) in [5.74, 6) is 1.75. The Kier molecular flexibility index (Phi) is 3.16. The first-order chi connectivity index (χ1) is 9.28. The minimum atomic E-state index is 0.670. The van der Waals surface area contributed by atoms with E-state index in [-0.39, 0.29) is 0 Å². The van der Waals surface area contributed by atoms with Crippen LogP contribution < -0.4 is 4.90 Å². The first kappa shape index (κ1) is 12.1. The van der Waals surface area contributed by atoms with Crippen molar-refractivity contribution in [1.29, 1.82) is 0 Å². The molecule has 0 atom stereocenters. The van der Waals surface area contributed by atoms with Crippen molar-refractivity contribution in [2.45, 2.75) is 6.92 Å². The van der Waals surface area contributed by atoms with Gasteiger partial charge < -0.3 is 4.90 Å². The fourth-order valence-electron chi connectivity index (χ4n) is 2.48. The summed E-state index contributed by atoms with van der Waals surface area (Å²) in [6, 6.07) is 2.07. The molecule has 1 saturated heterocycles. The van der Waals surface area contributed by atoms with Crippen molar-refractivity contribution in [2.75, 3.05) is 37.6 Å². The average Bonchev–Trinajstić information content (AvgIpc) is 2.87. The summed E-state index contributed by atoms with van der Waals surface area (Å²) in [6.07, 6.45) is 3.51. The lowest BCUT2D eigenvalue weighted by Gasteiger charge is -2.35. The topological polar surface area (TPSA) is 49.6 Å². The van der Waals surface area contributed by atoms with E-state index in [9.17, 15) is 0 Å². The molecular weight excluding hydrogens is 240 g/mol. The molecule has 0 N–H and O–H groups in total. The molecule has 100 valence electrons. The molecule has 1 fully saturated rings. The lowest BCUT2D eigenvalue weighted by atomic mass is 10.3. The molecule has 3 rings (SSSR count). The molecule has 0 aliphatic carbocycles. The van der Waals surface area contributed by atoms with Gasteiger partial charge in [-0.3, -0.25) is 4.90 Å². The molecule has 0 saturated carbocycles. The van der Waals surface area contributed by atoms with Crippen molar-refractivity contribution in [1.82, 2.24) is 24.5 Å². The van der Waals surface area contributed by atoms with Crippen molar-refractivity contribution >= 4 is 11.6 Å². The standard InChI is InChI=1S/C13H18N6/c1-3-4-17-5-7-18(8-6-17)12-9-11(2)16-13-14-10-15-19(12)13/h3,9-10H,1,4-8H2,2H3. The fourth-order valence-corrected chi connectivity index (χ4v) is 2.48. The molecular formula is C13H18N6. The van der Waals surface area contributed by atoms with E-state index in [1.807, 2.05) is 17.5 Å². The third-order valence-electron chi connectivity index (χ3n) is 3.44. The molecule has 0 aromatic carbocycles. The van der Waals surface area contributed by atoms with E-state index in [4.69, 9.17) is 0 Å². The summed E-state index contributed by atoms with van der Waals surface area (Å²) in [5.41, 5.74) is 0.976. The predicted molar refractivity (Wildman–Crippen MR) is 74.4 cm³/mol. The van der Waals surface area contributed by atoms with Crippen LogP contribution in [-0.2, 0) is 0 Å². The number of hydrogen-bond donors (Lipinski definition) is 0. The fraction of sp³-hybridized carbons (Fsp3) is 0.462. The molecule has 2 aromatic heterocycles. The zero-order valence-electron chi connectivity index (χ0n) is 11.2. The highest BCUT2D eigenvalue weighted by atomic mass is 15.4. The molecule has 6 nitrogen and oxygen atoms in total. The third-order valence-corrected chi connectivity index (χ3v) is 3.44. The summed E-state index contributed by atoms with van der Waals surface area (Å²) in [4.78, 5) is 13.3. The van der Waals surface area contributed by atoms with Gasteiger partial charge in [0, 0.05) is 44.5 Å². The van der Waals surface area contributed by atoms with Crippen LogP contribution in [0.2, 0.25) is 0 Å². The quantitative estimate of drug-likeness (QED) is 0.760. The van der Waals surface area contributed by atoms with Gasteiger partial charge in [0.15, 0.2) is 0 Å². The van der Waals surface area contributed by atoms with Crippen LogP contribution in [0.4, 0.5) is 5.82 Å². The number of nitrogens with zero attached hydrogens (tertiary/aromatic N) is 6. The van der Waals surface area contributed by atoms with Crippen molar-refractivity contribution in [3.8, 4) is 0 Å². The van der Waals surface area contributed by atoms with Crippen LogP contribution in [0.25, 0.3) is 5.78 Å². The van der Waals surface area contributed by atoms with Gasteiger partial charge in [-0.15, -0.1) is 6.58 Å². The van der Waals surface area contributed by atoms with Gasteiger partial charge in [-0.25, -0.2) is 4.98 Å². The Labute approximate surface area is 112 Å². The smallest absolute Gasteiger partial charge is 0.254 e. The SMILES string of the molecule is C=CCN1CCN(c2cc(C)nc3ncnn23)CC1. The summed E-state index contributed by atoms with van der Waals surface area (Å²) in [6.45, 7) is 10.8. The van der Waals surface area contributed by atoms with E-state index in [1.54, 1.807) is 6.33 Å². The second-order valence-corrected chi connectivity index (χ2v) is 4.80. The van der Waals surface area contributed by atoms with Crippen LogP contribution >= 0.6 is 0 Å². The first-order valence-electron chi connectivity index (χ1n) is 6.53. The van der Waals surface area contributed by atoms with Crippen molar-refractivity contribution in [3.05, 3.63) is 30.7 Å². The maximum Gasteiger partial charge on any atom is 0.254 e. The lowest BCUT2D eigenvalue weighted by Crippen LogP contribution is -2.47. The van der Waals surface area contributed by atoms with Crippen molar-refractivity contribution in [2.24, 2.45) is 0 Å². The van der Waals surface area contributed by atoms with Crippen molar-refractivity contribution < 1.29 is 0 Å². The number of hydrogen-bond acceptors (Lipinski definition) is 5. The molecule has 0 bridgehead atoms. The maximum atomic E-state index is 4.37. The minimum Gasteiger partial charge on any atom is -0.354 e. The van der Waals surface area contributed by atoms with Gasteiger partial charge in [0.05, 0.1) is 0 Å². The summed E-state index contributed by atoms with van der Waals surface area (Å²) >= 11 is 0. The van der Waals surface area contributed by atoms with Crippen molar-refractivity contribution in [3.63, 3.8) is 0 Å². The predicted octanol–water partition coefficient (Wildman–Crippen LogP) is 0.741. The molecule has 2 aromatic rings. The molecule has 1 aliphatic rings. The molecule has 0 spiro atoms. The molecule has 0 amide bonds. The number of rotatable bonds is 3. The summed E-state index contributed by atoms with van der Waals surface area (Å²) < 4.78 is 1.82. The molecule has 0 radical (unpaired) electrons. The highest BCUT2D eigenvalue weighted by Crippen LogP contribution is 2.17. The normalized spacial score (nSPS) is 17.0. The van der Waals surface area contributed by atoms with Gasteiger partial charge in [0.1, 0.15) is 12.1 Å². The second-order valence-electron chi connectivity index (χ2n) is 4.80. The van der Waals surface area contributed by atoms with Gasteiger partial charge in [0.2, 0.25) is 0 Å². The Morgan fingerprint density at radius 2 is 2.11 bits per heavy atom. The highest BCUT2D eigenvalue weighted by molar-refractivity contribution is 5.47. The van der Waals surface area contributed by atoms with Crippen LogP contribution in [-0.4, -0.2) is 57.2 Å². The number of aromatic nitrogens is 4. The van der Waals surface area contributed by atoms with Gasteiger partial charge in [0.25, 0.3) is 5.78 Å². The van der Waals surface area contributed by atoms with E-state index in [0.29, 0.717) is 5.78 Å². The lowest BCUT2D eigenvalue weighted by molar-refractivity contribution is 0.283. The molecule has 1 aliphatic heterocycles. The van der Waals surface area contributed by atoms with Gasteiger partial charge in [-0.05, 0) is 6.92 Å². The van der Waals surface area contributed by atoms with Crippen LogP contribution in [0.3, 0.4) is 0 Å². The van der Waals surface area contributed by atoms with E-state index in [1.165, 1.54) is 0 Å². The Hall–Kier alpha value is -1.95. The van der Waals surface area contributed by atoms with E-state index in [0.717, 1.165) is 44.2 Å². The van der Waals surface area contributed by atoms with Gasteiger partial charge in [-0.1, -0.05) is 6.08 Å². The second kappa shape index (κ2) is 4.97. The average molecular weight is 258 g/mol. The zero-order valence-corrected chi connectivity index (χ0v) is 11.2. The Morgan fingerprint density at radius 3 is 2.84 bits per heavy atom. The van der Waals surface area contributed by atoms with E-state index in [2.05, 4.69) is 37.5 Å². The largest absolute Gasteiger partial charge is 0.354 e. The molecule has 3 heterocycles. The van der Waals surface area contributed by atoms with Crippen LogP contribution in [0.5, 0.6) is 0 Å². The monoisotopic (exact) mass is 258 g/mol.